The molecule has 110 valence electrons. The Kier molecular flexibility index (Phi) is 4.06. The van der Waals surface area contributed by atoms with Gasteiger partial charge >= 0.3 is 0 Å². The first kappa shape index (κ1) is 14.5. The molecule has 0 unspecified atom stereocenters. The lowest BCUT2D eigenvalue weighted by atomic mass is 9.96. The van der Waals surface area contributed by atoms with Gasteiger partial charge in [0.2, 0.25) is 17.8 Å². The first-order chi connectivity index (χ1) is 9.38. The highest BCUT2D eigenvalue weighted by Gasteiger charge is 2.22. The molecule has 7 heteroatoms. The maximum absolute atomic E-state index is 11.8. The van der Waals surface area contributed by atoms with E-state index >= 15 is 0 Å². The van der Waals surface area contributed by atoms with Gasteiger partial charge < -0.3 is 5.32 Å². The molecule has 0 aliphatic carbocycles. The van der Waals surface area contributed by atoms with Crippen LogP contribution in [-0.4, -0.2) is 33.1 Å². The summed E-state index contributed by atoms with van der Waals surface area (Å²) < 4.78 is 1.92. The van der Waals surface area contributed by atoms with Crippen LogP contribution in [0.15, 0.2) is 0 Å². The van der Waals surface area contributed by atoms with E-state index in [1.165, 1.54) is 0 Å². The van der Waals surface area contributed by atoms with Crippen LogP contribution in [-0.2, 0) is 22.6 Å². The van der Waals surface area contributed by atoms with Gasteiger partial charge in [0, 0.05) is 18.4 Å². The summed E-state index contributed by atoms with van der Waals surface area (Å²) >= 11 is 0. The van der Waals surface area contributed by atoms with E-state index in [0.29, 0.717) is 5.95 Å². The Morgan fingerprint density at radius 2 is 2.00 bits per heavy atom. The molecule has 2 N–H and O–H groups in total. The third-order valence-electron chi connectivity index (χ3n) is 3.20. The summed E-state index contributed by atoms with van der Waals surface area (Å²) in [5.74, 6) is 0.930. The average Bonchev–Trinajstić information content (AvgIpc) is 2.78. The smallest absolute Gasteiger partial charge is 0.246 e. The molecule has 1 aromatic rings. The SMILES string of the molecule is CC(C)(C)C(=O)NCC(=O)Nc1nnc2n1CCCC2. The van der Waals surface area contributed by atoms with E-state index in [0.717, 1.165) is 31.6 Å². The van der Waals surface area contributed by atoms with E-state index in [-0.39, 0.29) is 18.4 Å². The Balaban J connectivity index is 1.89. The molecule has 0 spiro atoms. The van der Waals surface area contributed by atoms with Crippen LogP contribution >= 0.6 is 0 Å². The zero-order chi connectivity index (χ0) is 14.8. The lowest BCUT2D eigenvalue weighted by Gasteiger charge is -2.17. The molecule has 1 aliphatic rings. The van der Waals surface area contributed by atoms with Crippen LogP contribution in [0.1, 0.15) is 39.4 Å². The lowest BCUT2D eigenvalue weighted by Crippen LogP contribution is -2.39. The van der Waals surface area contributed by atoms with Gasteiger partial charge in [0.05, 0.1) is 6.54 Å². The van der Waals surface area contributed by atoms with Gasteiger partial charge in [-0.1, -0.05) is 20.8 Å². The molecule has 1 aromatic heterocycles. The van der Waals surface area contributed by atoms with Crippen molar-refractivity contribution in [2.24, 2.45) is 5.41 Å². The second kappa shape index (κ2) is 5.60. The van der Waals surface area contributed by atoms with Gasteiger partial charge in [0.1, 0.15) is 5.82 Å². The van der Waals surface area contributed by atoms with Crippen molar-refractivity contribution in [2.45, 2.75) is 46.6 Å². The Morgan fingerprint density at radius 3 is 2.70 bits per heavy atom. The minimum absolute atomic E-state index is 0.0572. The number of fused-ring (bicyclic) bond motifs is 1. The van der Waals surface area contributed by atoms with Crippen LogP contribution in [0.5, 0.6) is 0 Å². The van der Waals surface area contributed by atoms with Gasteiger partial charge in [-0.3, -0.25) is 19.5 Å². The molecule has 0 radical (unpaired) electrons. The third kappa shape index (κ3) is 3.34. The van der Waals surface area contributed by atoms with Crippen LogP contribution in [0.3, 0.4) is 0 Å². The Morgan fingerprint density at radius 1 is 1.25 bits per heavy atom. The van der Waals surface area contributed by atoms with E-state index < -0.39 is 5.41 Å². The molecule has 2 heterocycles. The predicted molar refractivity (Wildman–Crippen MR) is 74.1 cm³/mol. The number of rotatable bonds is 3. The number of hydrogen-bond donors (Lipinski definition) is 2. The number of aromatic nitrogens is 3. The van der Waals surface area contributed by atoms with Crippen LogP contribution in [0, 0.1) is 5.41 Å². The largest absolute Gasteiger partial charge is 0.347 e. The first-order valence-corrected chi connectivity index (χ1v) is 6.88. The van der Waals surface area contributed by atoms with Gasteiger partial charge in [0.15, 0.2) is 0 Å². The molecular formula is C13H21N5O2. The van der Waals surface area contributed by atoms with Crippen molar-refractivity contribution in [3.63, 3.8) is 0 Å². The number of carbonyl (C=O) groups excluding carboxylic acids is 2. The topological polar surface area (TPSA) is 88.9 Å². The molecular weight excluding hydrogens is 258 g/mol. The first-order valence-electron chi connectivity index (χ1n) is 6.88. The highest BCUT2D eigenvalue weighted by Crippen LogP contribution is 2.17. The monoisotopic (exact) mass is 279 g/mol. The summed E-state index contributed by atoms with van der Waals surface area (Å²) in [7, 11) is 0. The van der Waals surface area contributed by atoms with Gasteiger partial charge in [-0.2, -0.15) is 0 Å². The number of amides is 2. The third-order valence-corrected chi connectivity index (χ3v) is 3.20. The fourth-order valence-electron chi connectivity index (χ4n) is 2.00. The highest BCUT2D eigenvalue weighted by molar-refractivity contribution is 5.94. The second-order valence-electron chi connectivity index (χ2n) is 6.03. The molecule has 2 rings (SSSR count). The zero-order valence-electron chi connectivity index (χ0n) is 12.2. The van der Waals surface area contributed by atoms with Crippen LogP contribution in [0.4, 0.5) is 5.95 Å². The van der Waals surface area contributed by atoms with E-state index in [1.54, 1.807) is 20.8 Å². The Bertz CT molecular complexity index is 515. The molecule has 0 aromatic carbocycles. The predicted octanol–water partition coefficient (Wildman–Crippen LogP) is 0.715. The standard InChI is InChI=1S/C13H21N5O2/c1-13(2,3)11(20)14-8-10(19)15-12-17-16-9-6-4-5-7-18(9)12/h4-8H2,1-3H3,(H,14,20)(H,15,17,19). The van der Waals surface area contributed by atoms with Crippen molar-refractivity contribution >= 4 is 17.8 Å². The number of anilines is 1. The van der Waals surface area contributed by atoms with Crippen molar-refractivity contribution in [1.82, 2.24) is 20.1 Å². The van der Waals surface area contributed by atoms with Gasteiger partial charge in [0.25, 0.3) is 0 Å². The minimum atomic E-state index is -0.506. The summed E-state index contributed by atoms with van der Waals surface area (Å²) in [5, 5.41) is 13.3. The van der Waals surface area contributed by atoms with Crippen LogP contribution in [0.2, 0.25) is 0 Å². The molecule has 1 aliphatic heterocycles. The molecule has 2 amide bonds. The summed E-state index contributed by atoms with van der Waals surface area (Å²) in [6.07, 6.45) is 3.06. The molecule has 0 saturated carbocycles. The summed E-state index contributed by atoms with van der Waals surface area (Å²) in [4.78, 5) is 23.5. The van der Waals surface area contributed by atoms with Crippen LogP contribution < -0.4 is 10.6 Å². The second-order valence-corrected chi connectivity index (χ2v) is 6.03. The maximum Gasteiger partial charge on any atom is 0.246 e. The number of hydrogen-bond acceptors (Lipinski definition) is 4. The summed E-state index contributed by atoms with van der Waals surface area (Å²) in [5.41, 5.74) is -0.506. The summed E-state index contributed by atoms with van der Waals surface area (Å²) in [6, 6.07) is 0. The zero-order valence-corrected chi connectivity index (χ0v) is 12.2. The number of nitrogens with zero attached hydrogens (tertiary/aromatic N) is 3. The van der Waals surface area contributed by atoms with Gasteiger partial charge in [-0.15, -0.1) is 10.2 Å². The average molecular weight is 279 g/mol. The van der Waals surface area contributed by atoms with E-state index in [2.05, 4.69) is 20.8 Å². The fraction of sp³-hybridized carbons (Fsp3) is 0.692. The minimum Gasteiger partial charge on any atom is -0.347 e. The molecule has 0 bridgehead atoms. The number of aryl methyl sites for hydroxylation is 1. The molecule has 0 saturated heterocycles. The molecule has 20 heavy (non-hydrogen) atoms. The van der Waals surface area contributed by atoms with Gasteiger partial charge in [-0.05, 0) is 12.8 Å². The van der Waals surface area contributed by atoms with Crippen LogP contribution in [0.25, 0.3) is 0 Å². The maximum atomic E-state index is 11.8. The Hall–Kier alpha value is -1.92. The quantitative estimate of drug-likeness (QED) is 0.853. The van der Waals surface area contributed by atoms with Gasteiger partial charge in [-0.25, -0.2) is 0 Å². The lowest BCUT2D eigenvalue weighted by molar-refractivity contribution is -0.130. The number of nitrogens with one attached hydrogen (secondary N) is 2. The molecule has 7 nitrogen and oxygen atoms in total. The van der Waals surface area contributed by atoms with Crippen molar-refractivity contribution in [2.75, 3.05) is 11.9 Å². The van der Waals surface area contributed by atoms with Crippen molar-refractivity contribution in [1.29, 1.82) is 0 Å². The fourth-order valence-corrected chi connectivity index (χ4v) is 2.00. The van der Waals surface area contributed by atoms with E-state index in [9.17, 15) is 9.59 Å². The molecule has 0 fully saturated rings. The number of carbonyl (C=O) groups is 2. The highest BCUT2D eigenvalue weighted by atomic mass is 16.2. The molecule has 0 atom stereocenters. The Labute approximate surface area is 118 Å². The van der Waals surface area contributed by atoms with E-state index in [4.69, 9.17) is 0 Å². The normalized spacial score (nSPS) is 14.6. The van der Waals surface area contributed by atoms with Crippen molar-refractivity contribution in [3.05, 3.63) is 5.82 Å². The summed E-state index contributed by atoms with van der Waals surface area (Å²) in [6.45, 7) is 6.17. The van der Waals surface area contributed by atoms with Crippen molar-refractivity contribution < 1.29 is 9.59 Å². The van der Waals surface area contributed by atoms with E-state index in [1.807, 2.05) is 4.57 Å². The van der Waals surface area contributed by atoms with Crippen molar-refractivity contribution in [3.8, 4) is 0 Å².